The van der Waals surface area contributed by atoms with Crippen LogP contribution in [0, 0.1) is 0 Å². The summed E-state index contributed by atoms with van der Waals surface area (Å²) in [6.45, 7) is 3.23. The van der Waals surface area contributed by atoms with Gasteiger partial charge in [-0.15, -0.1) is 0 Å². The summed E-state index contributed by atoms with van der Waals surface area (Å²) in [7, 11) is 3.79. The molecule has 0 aromatic heterocycles. The summed E-state index contributed by atoms with van der Waals surface area (Å²) in [4.78, 5) is 2.35. The molecule has 1 aromatic rings. The average molecular weight is 277 g/mol. The third kappa shape index (κ3) is 2.27. The predicted octanol–water partition coefficient (Wildman–Crippen LogP) is 2.36. The van der Waals surface area contributed by atoms with Gasteiger partial charge in [0.2, 0.25) is 0 Å². The van der Waals surface area contributed by atoms with E-state index < -0.39 is 6.10 Å². The van der Waals surface area contributed by atoms with Crippen molar-refractivity contribution in [3.05, 3.63) is 23.8 Å². The number of rotatable bonds is 1. The molecule has 4 heteroatoms. The smallest absolute Gasteiger partial charge is 0.129 e. The number of hydrogen-bond donors (Lipinski definition) is 1. The van der Waals surface area contributed by atoms with Crippen LogP contribution in [0.15, 0.2) is 18.2 Å². The summed E-state index contributed by atoms with van der Waals surface area (Å²) in [5.74, 6) is 1.55. The number of aliphatic hydroxyl groups excluding tert-OH is 1. The van der Waals surface area contributed by atoms with Gasteiger partial charge >= 0.3 is 0 Å². The van der Waals surface area contributed by atoms with Crippen LogP contribution in [0.25, 0.3) is 0 Å². The first-order valence-electron chi connectivity index (χ1n) is 7.28. The van der Waals surface area contributed by atoms with Crippen LogP contribution in [0.4, 0.5) is 0 Å². The SMILES string of the molecule is COc1ccc2c(c1)OC1(CCN(C)C(C)C1)C[C@@H]2O. The molecule has 4 nitrogen and oxygen atoms in total. The van der Waals surface area contributed by atoms with Gasteiger partial charge in [-0.3, -0.25) is 0 Å². The molecule has 110 valence electrons. The van der Waals surface area contributed by atoms with Crippen molar-refractivity contribution in [1.29, 1.82) is 0 Å². The van der Waals surface area contributed by atoms with E-state index in [1.807, 2.05) is 18.2 Å². The quantitative estimate of drug-likeness (QED) is 0.855. The largest absolute Gasteiger partial charge is 0.497 e. The first kappa shape index (κ1) is 13.7. The molecular formula is C16H23NO3. The van der Waals surface area contributed by atoms with Gasteiger partial charge in [0.25, 0.3) is 0 Å². The Morgan fingerprint density at radius 1 is 1.40 bits per heavy atom. The lowest BCUT2D eigenvalue weighted by Gasteiger charge is -2.47. The lowest BCUT2D eigenvalue weighted by atomic mass is 9.79. The van der Waals surface area contributed by atoms with E-state index in [1.165, 1.54) is 0 Å². The Hall–Kier alpha value is -1.26. The summed E-state index contributed by atoms with van der Waals surface area (Å²) < 4.78 is 11.6. The van der Waals surface area contributed by atoms with Crippen molar-refractivity contribution >= 4 is 0 Å². The Balaban J connectivity index is 1.91. The number of benzene rings is 1. The number of methoxy groups -OCH3 is 1. The second kappa shape index (κ2) is 4.93. The highest BCUT2D eigenvalue weighted by Crippen LogP contribution is 2.46. The van der Waals surface area contributed by atoms with Crippen molar-refractivity contribution in [1.82, 2.24) is 4.90 Å². The van der Waals surface area contributed by atoms with E-state index in [0.29, 0.717) is 12.5 Å². The van der Waals surface area contributed by atoms with Gasteiger partial charge < -0.3 is 19.5 Å². The topological polar surface area (TPSA) is 41.9 Å². The molecule has 0 bridgehead atoms. The van der Waals surface area contributed by atoms with E-state index in [0.717, 1.165) is 36.4 Å². The zero-order valence-electron chi connectivity index (χ0n) is 12.4. The van der Waals surface area contributed by atoms with Crippen LogP contribution in [0.3, 0.4) is 0 Å². The van der Waals surface area contributed by atoms with Gasteiger partial charge in [-0.1, -0.05) is 0 Å². The number of piperidine rings is 1. The van der Waals surface area contributed by atoms with Gasteiger partial charge in [-0.25, -0.2) is 0 Å². The van der Waals surface area contributed by atoms with Crippen molar-refractivity contribution < 1.29 is 14.6 Å². The molecular weight excluding hydrogens is 254 g/mol. The number of likely N-dealkylation sites (tertiary alicyclic amines) is 1. The Kier molecular flexibility index (Phi) is 3.38. The Labute approximate surface area is 120 Å². The molecule has 0 radical (unpaired) electrons. The molecule has 1 N–H and O–H groups in total. The first-order chi connectivity index (χ1) is 9.53. The number of aliphatic hydroxyl groups is 1. The van der Waals surface area contributed by atoms with Crippen LogP contribution in [-0.2, 0) is 0 Å². The number of ether oxygens (including phenoxy) is 2. The molecule has 3 atom stereocenters. The minimum Gasteiger partial charge on any atom is -0.497 e. The standard InChI is InChI=1S/C16H23NO3/c1-11-9-16(6-7-17(11)2)10-14(18)13-5-4-12(19-3)8-15(13)20-16/h4-5,8,11,14,18H,6-7,9-10H2,1-3H3/t11?,14-,16?/m0/s1. The maximum atomic E-state index is 10.5. The molecule has 1 spiro atoms. The van der Waals surface area contributed by atoms with Crippen molar-refractivity contribution in [2.45, 2.75) is 43.9 Å². The van der Waals surface area contributed by atoms with Crippen LogP contribution in [-0.4, -0.2) is 42.4 Å². The van der Waals surface area contributed by atoms with Crippen molar-refractivity contribution in [3.63, 3.8) is 0 Å². The maximum Gasteiger partial charge on any atom is 0.129 e. The minimum absolute atomic E-state index is 0.231. The van der Waals surface area contributed by atoms with Gasteiger partial charge in [0.1, 0.15) is 17.1 Å². The fraction of sp³-hybridized carbons (Fsp3) is 0.625. The Bertz CT molecular complexity index is 504. The summed E-state index contributed by atoms with van der Waals surface area (Å²) in [5, 5.41) is 10.5. The third-order valence-electron chi connectivity index (χ3n) is 4.81. The van der Waals surface area contributed by atoms with Gasteiger partial charge in [-0.2, -0.15) is 0 Å². The van der Waals surface area contributed by atoms with Crippen LogP contribution in [0.1, 0.15) is 37.9 Å². The summed E-state index contributed by atoms with van der Waals surface area (Å²) in [6, 6.07) is 6.15. The van der Waals surface area contributed by atoms with Gasteiger partial charge in [0, 0.05) is 37.1 Å². The highest BCUT2D eigenvalue weighted by Gasteiger charge is 2.44. The molecule has 2 unspecified atom stereocenters. The summed E-state index contributed by atoms with van der Waals surface area (Å²) in [6.07, 6.45) is 2.16. The Morgan fingerprint density at radius 3 is 2.90 bits per heavy atom. The maximum absolute atomic E-state index is 10.5. The van der Waals surface area contributed by atoms with E-state index >= 15 is 0 Å². The van der Waals surface area contributed by atoms with Crippen LogP contribution < -0.4 is 9.47 Å². The normalized spacial score (nSPS) is 33.6. The highest BCUT2D eigenvalue weighted by atomic mass is 16.5. The second-order valence-corrected chi connectivity index (χ2v) is 6.19. The van der Waals surface area contributed by atoms with E-state index in [9.17, 15) is 5.11 Å². The zero-order valence-corrected chi connectivity index (χ0v) is 12.4. The number of fused-ring (bicyclic) bond motifs is 1. The number of nitrogens with zero attached hydrogens (tertiary/aromatic N) is 1. The van der Waals surface area contributed by atoms with E-state index in [2.05, 4.69) is 18.9 Å². The lowest BCUT2D eigenvalue weighted by molar-refractivity contribution is -0.0646. The predicted molar refractivity (Wildman–Crippen MR) is 77.3 cm³/mol. The van der Waals surface area contributed by atoms with Crippen molar-refractivity contribution in [2.24, 2.45) is 0 Å². The van der Waals surface area contributed by atoms with Crippen LogP contribution in [0.2, 0.25) is 0 Å². The highest BCUT2D eigenvalue weighted by molar-refractivity contribution is 5.44. The zero-order chi connectivity index (χ0) is 14.3. The lowest BCUT2D eigenvalue weighted by Crippen LogP contribution is -2.52. The van der Waals surface area contributed by atoms with Crippen LogP contribution in [0.5, 0.6) is 11.5 Å². The van der Waals surface area contributed by atoms with E-state index in [4.69, 9.17) is 9.47 Å². The van der Waals surface area contributed by atoms with Gasteiger partial charge in [0.15, 0.2) is 0 Å². The molecule has 1 saturated heterocycles. The molecule has 0 saturated carbocycles. The molecule has 3 rings (SSSR count). The molecule has 0 amide bonds. The van der Waals surface area contributed by atoms with Crippen molar-refractivity contribution in [2.75, 3.05) is 20.7 Å². The Morgan fingerprint density at radius 2 is 2.20 bits per heavy atom. The van der Waals surface area contributed by atoms with Gasteiger partial charge in [-0.05, 0) is 32.5 Å². The molecule has 2 heterocycles. The first-order valence-corrected chi connectivity index (χ1v) is 7.28. The van der Waals surface area contributed by atoms with Gasteiger partial charge in [0.05, 0.1) is 13.2 Å². The fourth-order valence-corrected chi connectivity index (χ4v) is 3.42. The molecule has 2 aliphatic rings. The minimum atomic E-state index is -0.444. The summed E-state index contributed by atoms with van der Waals surface area (Å²) >= 11 is 0. The molecule has 1 aromatic carbocycles. The summed E-state index contributed by atoms with van der Waals surface area (Å²) in [5.41, 5.74) is 0.646. The molecule has 0 aliphatic carbocycles. The molecule has 1 fully saturated rings. The molecule has 2 aliphatic heterocycles. The number of hydrogen-bond acceptors (Lipinski definition) is 4. The monoisotopic (exact) mass is 277 g/mol. The van der Waals surface area contributed by atoms with E-state index in [-0.39, 0.29) is 5.60 Å². The fourth-order valence-electron chi connectivity index (χ4n) is 3.42. The van der Waals surface area contributed by atoms with Crippen molar-refractivity contribution in [3.8, 4) is 11.5 Å². The third-order valence-corrected chi connectivity index (χ3v) is 4.81. The van der Waals surface area contributed by atoms with Crippen LogP contribution >= 0.6 is 0 Å². The average Bonchev–Trinajstić information content (AvgIpc) is 2.43. The van der Waals surface area contributed by atoms with E-state index in [1.54, 1.807) is 7.11 Å². The molecule has 20 heavy (non-hydrogen) atoms. The second-order valence-electron chi connectivity index (χ2n) is 6.19.